The average Bonchev–Trinajstić information content (AvgIpc) is 2.62. The van der Waals surface area contributed by atoms with E-state index in [-0.39, 0.29) is 28.1 Å². The lowest BCUT2D eigenvalue weighted by atomic mass is 9.84. The van der Waals surface area contributed by atoms with Gasteiger partial charge in [-0.25, -0.2) is 8.42 Å². The van der Waals surface area contributed by atoms with E-state index in [4.69, 9.17) is 0 Å². The van der Waals surface area contributed by atoms with E-state index in [1.807, 2.05) is 6.07 Å². The summed E-state index contributed by atoms with van der Waals surface area (Å²) < 4.78 is 29.5. The van der Waals surface area contributed by atoms with Crippen molar-refractivity contribution in [2.45, 2.75) is 30.7 Å². The van der Waals surface area contributed by atoms with Crippen LogP contribution in [0.4, 0.5) is 0 Å². The minimum atomic E-state index is -3.68. The van der Waals surface area contributed by atoms with Crippen LogP contribution in [0.15, 0.2) is 52.2 Å². The van der Waals surface area contributed by atoms with E-state index in [0.717, 1.165) is 12.1 Å². The van der Waals surface area contributed by atoms with E-state index in [0.29, 0.717) is 25.2 Å². The second-order valence-electron chi connectivity index (χ2n) is 7.10. The highest BCUT2D eigenvalue weighted by Gasteiger charge is 2.39. The fourth-order valence-corrected chi connectivity index (χ4v) is 5.68. The minimum absolute atomic E-state index is 0.0159. The van der Waals surface area contributed by atoms with Gasteiger partial charge in [0.1, 0.15) is 0 Å². The first-order chi connectivity index (χ1) is 12.4. The van der Waals surface area contributed by atoms with Crippen molar-refractivity contribution < 1.29 is 13.2 Å². The van der Waals surface area contributed by atoms with Gasteiger partial charge in [-0.1, -0.05) is 18.2 Å². The summed E-state index contributed by atoms with van der Waals surface area (Å²) in [6.45, 7) is 2.72. The highest BCUT2D eigenvalue weighted by molar-refractivity contribution is 7.89. The predicted molar refractivity (Wildman–Crippen MR) is 96.8 cm³/mol. The summed E-state index contributed by atoms with van der Waals surface area (Å²) in [4.78, 5) is 23.8. The molecule has 1 aromatic carbocycles. The maximum Gasteiger partial charge on any atom is 0.250 e. The molecule has 6 nitrogen and oxygen atoms in total. The Labute approximate surface area is 152 Å². The van der Waals surface area contributed by atoms with E-state index >= 15 is 0 Å². The van der Waals surface area contributed by atoms with Gasteiger partial charge in [-0.05, 0) is 37.5 Å². The first-order valence-electron chi connectivity index (χ1n) is 8.67. The van der Waals surface area contributed by atoms with Crippen molar-refractivity contribution >= 4 is 15.8 Å². The zero-order chi connectivity index (χ0) is 18.5. The summed E-state index contributed by atoms with van der Waals surface area (Å²) in [5.41, 5.74) is 1.27. The molecule has 2 bridgehead atoms. The molecule has 2 atom stereocenters. The van der Waals surface area contributed by atoms with Gasteiger partial charge in [-0.15, -0.1) is 0 Å². The zero-order valence-electron chi connectivity index (χ0n) is 14.5. The number of rotatable bonds is 3. The Kier molecular flexibility index (Phi) is 4.08. The number of aromatic nitrogens is 1. The molecule has 0 aliphatic carbocycles. The molecule has 0 saturated carbocycles. The number of hydrogen-bond acceptors (Lipinski definition) is 4. The monoisotopic (exact) mass is 372 g/mol. The number of pyridine rings is 1. The molecule has 0 N–H and O–H groups in total. The number of fused-ring (bicyclic) bond motifs is 4. The van der Waals surface area contributed by atoms with E-state index in [1.165, 1.54) is 23.4 Å². The molecule has 0 amide bonds. The summed E-state index contributed by atoms with van der Waals surface area (Å²) in [6.07, 6.45) is 0.892. The maximum atomic E-state index is 13.1. The van der Waals surface area contributed by atoms with Gasteiger partial charge in [0.15, 0.2) is 5.78 Å². The Bertz CT molecular complexity index is 1040. The highest BCUT2D eigenvalue weighted by Crippen LogP contribution is 2.37. The Balaban J connectivity index is 1.69. The fourth-order valence-electron chi connectivity index (χ4n) is 4.07. The van der Waals surface area contributed by atoms with Crippen LogP contribution in [0, 0.1) is 5.92 Å². The van der Waals surface area contributed by atoms with Gasteiger partial charge in [-0.3, -0.25) is 9.59 Å². The number of Topliss-reactive ketones (excluding diaryl/α,β-unsaturated/α-hetero) is 1. The predicted octanol–water partition coefficient (Wildman–Crippen LogP) is 1.86. The first kappa shape index (κ1) is 17.2. The number of benzene rings is 1. The molecular formula is C19H20N2O4S. The maximum absolute atomic E-state index is 13.1. The molecule has 2 aliphatic heterocycles. The van der Waals surface area contributed by atoms with Crippen LogP contribution in [0.1, 0.15) is 35.3 Å². The third-order valence-electron chi connectivity index (χ3n) is 5.32. The number of nitrogens with zero attached hydrogens (tertiary/aromatic N) is 2. The second kappa shape index (κ2) is 6.17. The lowest BCUT2D eigenvalue weighted by molar-refractivity contribution is 0.101. The molecule has 3 heterocycles. The van der Waals surface area contributed by atoms with Gasteiger partial charge in [0, 0.05) is 42.9 Å². The SMILES string of the molecule is CC(=O)c1cccc(S(=O)(=O)N2CC3CC(C2)c2cccc(=O)n2C3)c1. The Morgan fingerprint density at radius 1 is 1.08 bits per heavy atom. The van der Waals surface area contributed by atoms with Crippen molar-refractivity contribution in [3.8, 4) is 0 Å². The molecule has 7 heteroatoms. The molecule has 1 saturated heterocycles. The molecule has 1 aromatic heterocycles. The average molecular weight is 372 g/mol. The number of ketones is 1. The third-order valence-corrected chi connectivity index (χ3v) is 7.15. The van der Waals surface area contributed by atoms with Crippen molar-refractivity contribution in [1.29, 1.82) is 0 Å². The molecule has 1 fully saturated rings. The van der Waals surface area contributed by atoms with Crippen molar-refractivity contribution in [2.24, 2.45) is 5.92 Å². The first-order valence-corrected chi connectivity index (χ1v) is 10.1. The van der Waals surface area contributed by atoms with Gasteiger partial charge >= 0.3 is 0 Å². The highest BCUT2D eigenvalue weighted by atomic mass is 32.2. The van der Waals surface area contributed by atoms with Gasteiger partial charge < -0.3 is 4.57 Å². The van der Waals surface area contributed by atoms with Gasteiger partial charge in [0.2, 0.25) is 10.0 Å². The minimum Gasteiger partial charge on any atom is -0.312 e. The van der Waals surface area contributed by atoms with Crippen LogP contribution in [0.5, 0.6) is 0 Å². The van der Waals surface area contributed by atoms with Crippen LogP contribution in [0.3, 0.4) is 0 Å². The standard InChI is InChI=1S/C19H20N2O4S/c1-13(22)15-4-2-5-17(9-15)26(24,25)20-10-14-8-16(12-20)18-6-3-7-19(23)21(18)11-14/h2-7,9,14,16H,8,10-12H2,1H3. The number of carbonyl (C=O) groups is 1. The molecule has 0 spiro atoms. The Morgan fingerprint density at radius 3 is 2.62 bits per heavy atom. The van der Waals surface area contributed by atoms with Gasteiger partial charge in [0.05, 0.1) is 4.90 Å². The molecule has 2 aromatic rings. The lowest BCUT2D eigenvalue weighted by Crippen LogP contribution is -2.49. The third kappa shape index (κ3) is 2.81. The number of carbonyl (C=O) groups excluding carboxylic acids is 1. The molecule has 2 unspecified atom stereocenters. The summed E-state index contributed by atoms with van der Waals surface area (Å²) in [5.74, 6) is -0.0276. The lowest BCUT2D eigenvalue weighted by Gasteiger charge is -2.42. The normalized spacial score (nSPS) is 22.7. The van der Waals surface area contributed by atoms with Crippen LogP contribution in [-0.4, -0.2) is 36.2 Å². The van der Waals surface area contributed by atoms with Crippen molar-refractivity contribution in [2.75, 3.05) is 13.1 Å². The van der Waals surface area contributed by atoms with Crippen molar-refractivity contribution in [3.05, 3.63) is 64.1 Å². The number of sulfonamides is 1. The molecule has 136 valence electrons. The second-order valence-corrected chi connectivity index (χ2v) is 9.04. The summed E-state index contributed by atoms with van der Waals surface area (Å²) in [7, 11) is -3.68. The van der Waals surface area contributed by atoms with E-state index in [9.17, 15) is 18.0 Å². The zero-order valence-corrected chi connectivity index (χ0v) is 15.3. The van der Waals surface area contributed by atoms with Crippen LogP contribution in [0.2, 0.25) is 0 Å². The number of piperidine rings is 1. The van der Waals surface area contributed by atoms with E-state index in [1.54, 1.807) is 28.8 Å². The van der Waals surface area contributed by atoms with Crippen molar-refractivity contribution in [1.82, 2.24) is 8.87 Å². The Morgan fingerprint density at radius 2 is 1.85 bits per heavy atom. The summed E-state index contributed by atoms with van der Waals surface area (Å²) in [6, 6.07) is 11.4. The molecule has 0 radical (unpaired) electrons. The van der Waals surface area contributed by atoms with Crippen LogP contribution < -0.4 is 5.56 Å². The largest absolute Gasteiger partial charge is 0.312 e. The van der Waals surface area contributed by atoms with Crippen LogP contribution in [0.25, 0.3) is 0 Å². The number of hydrogen-bond donors (Lipinski definition) is 0. The molecule has 4 rings (SSSR count). The summed E-state index contributed by atoms with van der Waals surface area (Å²) >= 11 is 0. The van der Waals surface area contributed by atoms with Crippen molar-refractivity contribution in [3.63, 3.8) is 0 Å². The molecule has 2 aliphatic rings. The quantitative estimate of drug-likeness (QED) is 0.771. The smallest absolute Gasteiger partial charge is 0.250 e. The van der Waals surface area contributed by atoms with E-state index < -0.39 is 10.0 Å². The van der Waals surface area contributed by atoms with Gasteiger partial charge in [-0.2, -0.15) is 4.31 Å². The fraction of sp³-hybridized carbons (Fsp3) is 0.368. The van der Waals surface area contributed by atoms with E-state index in [2.05, 4.69) is 0 Å². The molecule has 26 heavy (non-hydrogen) atoms. The topological polar surface area (TPSA) is 76.5 Å². The Hall–Kier alpha value is -2.25. The molecular weight excluding hydrogens is 352 g/mol. The van der Waals surface area contributed by atoms with Gasteiger partial charge in [0.25, 0.3) is 5.56 Å². The summed E-state index contributed by atoms with van der Waals surface area (Å²) in [5, 5.41) is 0. The van der Waals surface area contributed by atoms with Crippen LogP contribution in [-0.2, 0) is 16.6 Å². The van der Waals surface area contributed by atoms with Crippen LogP contribution >= 0.6 is 0 Å².